The Kier molecular flexibility index (Phi) is 36.3. The lowest BCUT2D eigenvalue weighted by Gasteiger charge is -2.16. The third-order valence-corrected chi connectivity index (χ3v) is 24.9. The number of hydrogen-bond donors (Lipinski definition) is 1. The smallest absolute Gasteiger partial charge is 0.222 e. The number of ether oxygens (including phenoxy) is 10. The van der Waals surface area contributed by atoms with Crippen molar-refractivity contribution in [1.29, 1.82) is 5.26 Å². The zero-order valence-electron chi connectivity index (χ0n) is 85.5. The Bertz CT molecular complexity index is 6860. The molecule has 30 heteroatoms. The van der Waals surface area contributed by atoms with Crippen molar-refractivity contribution in [2.75, 3.05) is 104 Å². The summed E-state index contributed by atoms with van der Waals surface area (Å²) < 4.78 is 65.9. The van der Waals surface area contributed by atoms with E-state index in [9.17, 15) is 10.1 Å². The summed E-state index contributed by atoms with van der Waals surface area (Å²) in [6.07, 6.45) is 12.0. The van der Waals surface area contributed by atoms with Gasteiger partial charge in [0.05, 0.1) is 221 Å². The van der Waals surface area contributed by atoms with Gasteiger partial charge in [-0.25, -0.2) is 49.8 Å². The number of nitrogens with zero attached hydrogens (tertiary/aromatic N) is 17. The molecule has 15 rings (SSSR count). The third-order valence-electron chi connectivity index (χ3n) is 24.3. The molecule has 5 atom stereocenters. The van der Waals surface area contributed by atoms with Gasteiger partial charge in [0.2, 0.25) is 29.4 Å². The van der Waals surface area contributed by atoms with Crippen LogP contribution in [-0.4, -0.2) is 195 Å². The number of halogens is 1. The summed E-state index contributed by atoms with van der Waals surface area (Å²) in [5.41, 5.74) is 29.4. The van der Waals surface area contributed by atoms with Gasteiger partial charge in [0.15, 0.2) is 6.29 Å². The number of hydrogen-bond acceptors (Lipinski definition) is 24. The number of oxime groups is 1. The highest BCUT2D eigenvalue weighted by Crippen LogP contribution is 2.42. The van der Waals surface area contributed by atoms with Crippen LogP contribution in [0.5, 0.6) is 29.4 Å². The molecular weight excluding hydrogens is 1810 g/mol. The minimum Gasteiger partial charge on any atom is -0.480 e. The average Bonchev–Trinajstić information content (AvgIpc) is 1.63. The molecule has 0 radical (unpaired) electrons. The predicted molar refractivity (Wildman–Crippen MR) is 552 cm³/mol. The van der Waals surface area contributed by atoms with E-state index in [0.717, 1.165) is 173 Å². The van der Waals surface area contributed by atoms with E-state index in [-0.39, 0.29) is 30.2 Å². The summed E-state index contributed by atoms with van der Waals surface area (Å²) in [6.45, 7) is 44.7. The van der Waals surface area contributed by atoms with Crippen LogP contribution in [0.25, 0.3) is 111 Å². The van der Waals surface area contributed by atoms with E-state index in [1.54, 1.807) is 71.1 Å². The third kappa shape index (κ3) is 23.2. The summed E-state index contributed by atoms with van der Waals surface area (Å²) in [6, 6.07) is 35.9. The summed E-state index contributed by atoms with van der Waals surface area (Å²) in [5.74, 6) is 4.48. The fourth-order valence-electron chi connectivity index (χ4n) is 16.9. The highest BCUT2D eigenvalue weighted by molar-refractivity contribution is 9.10. The van der Waals surface area contributed by atoms with E-state index in [2.05, 4.69) is 255 Å². The summed E-state index contributed by atoms with van der Waals surface area (Å²) >= 11 is 3.66. The van der Waals surface area contributed by atoms with Gasteiger partial charge in [0.25, 0.3) is 0 Å². The van der Waals surface area contributed by atoms with E-state index in [1.165, 1.54) is 6.21 Å². The van der Waals surface area contributed by atoms with Crippen LogP contribution in [0.1, 0.15) is 241 Å². The molecule has 0 saturated carbocycles. The number of carbonyl (C=O) groups is 1. The Morgan fingerprint density at radius 3 is 0.920 bits per heavy atom. The summed E-state index contributed by atoms with van der Waals surface area (Å²) in [7, 11) is 16.6. The van der Waals surface area contributed by atoms with E-state index in [1.807, 2.05) is 86.4 Å². The Labute approximate surface area is 818 Å². The monoisotopic (exact) mass is 1940 g/mol. The largest absolute Gasteiger partial charge is 0.480 e. The fraction of sp³-hybridized carbons (Fsp3) is 0.417. The van der Waals surface area contributed by atoms with Gasteiger partial charge in [-0.2, -0.15) is 5.26 Å². The number of carbonyl (C=O) groups excluding carboxylic acids is 1. The van der Waals surface area contributed by atoms with Crippen LogP contribution in [0.3, 0.4) is 0 Å². The van der Waals surface area contributed by atoms with Gasteiger partial charge < -0.3 is 75.4 Å². The molecule has 15 heterocycles. The van der Waals surface area contributed by atoms with Gasteiger partial charge in [0, 0.05) is 101 Å². The second kappa shape index (κ2) is 47.4. The zero-order chi connectivity index (χ0) is 101. The van der Waals surface area contributed by atoms with Crippen LogP contribution in [0.4, 0.5) is 0 Å². The standard InChI is InChI=1S/C22H28N4O3.C22H26N4O2.C22H27N3O3.C21H26BrN3O2.C21H27N3O2/c1-13(2)18-8-7-17(22(24-18)29-6)20-14(3)9-19-21(25-20)16(10-23-27)11-26(19)15(4)12-28-5;1-13(2)18-8-7-17(22(24-18)28-6)20-14(3)9-19-21(25-20)16(10-23)11-26(19)15(4)12-27-5;1-13(2)18-8-7-17(22(23-18)28-6)20-14(3)9-19-21(24-20)16(11-26)10-25(19)15(4)12-27-5;1-12(2)17-8-7-15(21(23-17)27-6)19-13(3)9-18-20(24-19)16(22)10-25(18)14(4)11-26-5;1-13(2)17-8-7-16(21(23-17)26-6)20-14(3)11-19-18(22-20)9-10-24(19)15(4)12-25-5/h7-11,13,15,27H,12H2,1-6H3;7-9,11,13,15H,12H2,1-6H3;7-11,13,15H,12H2,1-6H3;7-10,12,14H,11H2,1-6H3;7-11,13,15H,12H2,1-6H3/b23-10-;;;;/t2*15-;;14-;15-/m00.00/s1. The number of aryl methyl sites for hydroxylation is 5. The first-order valence-electron chi connectivity index (χ1n) is 46.5. The molecule has 0 bridgehead atoms. The van der Waals surface area contributed by atoms with E-state index < -0.39 is 0 Å². The molecule has 730 valence electrons. The molecule has 15 aromatic rings. The molecule has 0 aliphatic carbocycles. The van der Waals surface area contributed by atoms with Crippen LogP contribution >= 0.6 is 15.9 Å². The Morgan fingerprint density at radius 1 is 0.348 bits per heavy atom. The molecule has 15 aromatic heterocycles. The number of aldehydes is 1. The number of methoxy groups -OCH3 is 10. The molecule has 0 amide bonds. The van der Waals surface area contributed by atoms with Crippen LogP contribution in [0.2, 0.25) is 0 Å². The molecule has 1 unspecified atom stereocenters. The second-order valence-corrected chi connectivity index (χ2v) is 37.3. The Hall–Kier alpha value is -12.9. The lowest BCUT2D eigenvalue weighted by atomic mass is 10.0. The first-order chi connectivity index (χ1) is 66.0. The van der Waals surface area contributed by atoms with Gasteiger partial charge in [-0.05, 0) is 240 Å². The van der Waals surface area contributed by atoms with Gasteiger partial charge in [0.1, 0.15) is 17.1 Å². The fourth-order valence-corrected chi connectivity index (χ4v) is 17.5. The SMILES string of the molecule is COCC(C)n1cc(C=O)c2nc(-c3ccc(C(C)C)nc3OC)c(C)cc21.COC[C@H](C)n1cc(/C=N\O)c2nc(-c3ccc(C(C)C)nc3OC)c(C)cc21.COC[C@H](C)n1cc(Br)c2nc(-c3ccc(C(C)C)nc3OC)c(C)cc21.COC[C@H](C)n1cc(C#N)c2nc(-c3ccc(C(C)C)nc3OC)c(C)cc21.COC[C@H](C)n1ccc2nc(-c3ccc(C(C)C)nc3OC)c(C)cc21. The molecule has 0 aromatic carbocycles. The molecule has 0 saturated heterocycles. The minimum atomic E-state index is 0.0924. The molecular formula is C108H134BrN17O12. The maximum atomic E-state index is 11.7. The number of rotatable bonds is 32. The average molecular weight is 1940 g/mol. The summed E-state index contributed by atoms with van der Waals surface area (Å²) in [4.78, 5) is 59.4. The Balaban J connectivity index is 0.000000165. The van der Waals surface area contributed by atoms with E-state index in [0.29, 0.717) is 114 Å². The van der Waals surface area contributed by atoms with Crippen LogP contribution < -0.4 is 23.7 Å². The minimum absolute atomic E-state index is 0.0924. The molecule has 0 aliphatic heterocycles. The zero-order valence-corrected chi connectivity index (χ0v) is 87.1. The highest BCUT2D eigenvalue weighted by atomic mass is 79.9. The van der Waals surface area contributed by atoms with Crippen molar-refractivity contribution < 1.29 is 57.4 Å². The quantitative estimate of drug-likeness (QED) is 0.0177. The molecule has 0 aliphatic rings. The van der Waals surface area contributed by atoms with Crippen molar-refractivity contribution in [2.45, 2.75) is 198 Å². The first kappa shape index (κ1) is 106. The van der Waals surface area contributed by atoms with Crippen LogP contribution in [0.15, 0.2) is 138 Å². The number of pyridine rings is 10. The van der Waals surface area contributed by atoms with Crippen LogP contribution in [-0.2, 0) is 23.7 Å². The van der Waals surface area contributed by atoms with Crippen molar-refractivity contribution >= 4 is 83.6 Å². The predicted octanol–water partition coefficient (Wildman–Crippen LogP) is 24.0. The van der Waals surface area contributed by atoms with Gasteiger partial charge >= 0.3 is 0 Å². The van der Waals surface area contributed by atoms with E-state index in [4.69, 9.17) is 77.5 Å². The molecule has 0 spiro atoms. The van der Waals surface area contributed by atoms with Crippen molar-refractivity contribution in [2.24, 2.45) is 5.16 Å². The number of fused-ring (bicyclic) bond motifs is 5. The van der Waals surface area contributed by atoms with Gasteiger partial charge in [-0.15, -0.1) is 0 Å². The number of aromatic nitrogens is 15. The van der Waals surface area contributed by atoms with Crippen molar-refractivity contribution in [3.63, 3.8) is 0 Å². The van der Waals surface area contributed by atoms with Crippen LogP contribution in [0, 0.1) is 45.9 Å². The summed E-state index contributed by atoms with van der Waals surface area (Å²) in [5, 5.41) is 21.9. The highest BCUT2D eigenvalue weighted by Gasteiger charge is 2.28. The molecule has 1 N–H and O–H groups in total. The normalized spacial score (nSPS) is 12.7. The molecule has 138 heavy (non-hydrogen) atoms. The topological polar surface area (TPSA) is 319 Å². The second-order valence-electron chi connectivity index (χ2n) is 36.4. The lowest BCUT2D eigenvalue weighted by molar-refractivity contribution is 0.112. The molecule has 0 fully saturated rings. The van der Waals surface area contributed by atoms with E-state index >= 15 is 0 Å². The van der Waals surface area contributed by atoms with Crippen molar-refractivity contribution in [3.05, 3.63) is 205 Å². The maximum Gasteiger partial charge on any atom is 0.222 e. The lowest BCUT2D eigenvalue weighted by Crippen LogP contribution is -2.10. The molecule has 29 nitrogen and oxygen atoms in total. The first-order valence-corrected chi connectivity index (χ1v) is 47.3. The van der Waals surface area contributed by atoms with Crippen molar-refractivity contribution in [1.82, 2.24) is 72.7 Å². The Morgan fingerprint density at radius 2 is 0.616 bits per heavy atom. The maximum absolute atomic E-state index is 11.7. The van der Waals surface area contributed by atoms with Crippen molar-refractivity contribution in [3.8, 4) is 91.8 Å². The number of nitriles is 1. The van der Waals surface area contributed by atoms with Gasteiger partial charge in [-0.3, -0.25) is 4.79 Å². The van der Waals surface area contributed by atoms with Gasteiger partial charge in [-0.1, -0.05) is 74.4 Å².